The Labute approximate surface area is 138 Å². The number of aliphatic imine (C=N–C) groups is 1. The third-order valence-corrected chi connectivity index (χ3v) is 4.77. The molecule has 0 amide bonds. The topological polar surface area (TPSA) is 55.3 Å². The van der Waals surface area contributed by atoms with E-state index in [0.717, 1.165) is 77.7 Å². The maximum absolute atomic E-state index is 5.91. The van der Waals surface area contributed by atoms with Gasteiger partial charge in [0, 0.05) is 33.3 Å². The van der Waals surface area contributed by atoms with Crippen molar-refractivity contribution in [1.82, 2.24) is 10.2 Å². The maximum Gasteiger partial charge on any atom is 0.193 e. The van der Waals surface area contributed by atoms with Gasteiger partial charge in [-0.1, -0.05) is 11.6 Å². The van der Waals surface area contributed by atoms with Gasteiger partial charge >= 0.3 is 0 Å². The molecule has 0 aromatic carbocycles. The van der Waals surface area contributed by atoms with Gasteiger partial charge in [-0.15, -0.1) is 0 Å². The number of nitrogens with one attached hydrogen (secondary N) is 1. The van der Waals surface area contributed by atoms with E-state index in [0.29, 0.717) is 0 Å². The van der Waals surface area contributed by atoms with Crippen LogP contribution in [0.25, 0.3) is 0 Å². The minimum absolute atomic E-state index is 0.169. The summed E-state index contributed by atoms with van der Waals surface area (Å²) in [6.45, 7) is 5.90. The van der Waals surface area contributed by atoms with Crippen molar-refractivity contribution in [2.45, 2.75) is 37.9 Å². The summed E-state index contributed by atoms with van der Waals surface area (Å²) in [5, 5.41) is 3.50. The molecule has 3 heterocycles. The van der Waals surface area contributed by atoms with E-state index in [1.807, 2.05) is 7.05 Å². The van der Waals surface area contributed by atoms with Gasteiger partial charge in [-0.05, 0) is 25.7 Å². The average molecular weight is 323 g/mol. The fourth-order valence-corrected chi connectivity index (χ4v) is 3.45. The SMILES string of the molecule is CN=C(NCCC1=CCOCC1)N1CCOC(C2CCCO2)C1. The molecular formula is C17H29N3O3. The quantitative estimate of drug-likeness (QED) is 0.478. The molecule has 0 radical (unpaired) electrons. The van der Waals surface area contributed by atoms with Gasteiger partial charge in [-0.3, -0.25) is 4.99 Å². The number of ether oxygens (including phenoxy) is 3. The highest BCUT2D eigenvalue weighted by atomic mass is 16.5. The molecule has 0 aromatic heterocycles. The molecule has 0 bridgehead atoms. The molecule has 130 valence electrons. The van der Waals surface area contributed by atoms with Gasteiger partial charge in [0.05, 0.1) is 25.9 Å². The fourth-order valence-electron chi connectivity index (χ4n) is 3.45. The lowest BCUT2D eigenvalue weighted by Gasteiger charge is -2.37. The van der Waals surface area contributed by atoms with Crippen LogP contribution in [0.15, 0.2) is 16.6 Å². The van der Waals surface area contributed by atoms with Crippen molar-refractivity contribution in [3.8, 4) is 0 Å². The molecule has 0 spiro atoms. The fraction of sp³-hybridized carbons (Fsp3) is 0.824. The van der Waals surface area contributed by atoms with E-state index in [1.54, 1.807) is 0 Å². The number of nitrogens with zero attached hydrogens (tertiary/aromatic N) is 2. The Hall–Kier alpha value is -1.11. The number of hydrogen-bond donors (Lipinski definition) is 1. The summed E-state index contributed by atoms with van der Waals surface area (Å²) in [6.07, 6.45) is 7.00. The van der Waals surface area contributed by atoms with Crippen LogP contribution < -0.4 is 5.32 Å². The Morgan fingerprint density at radius 1 is 1.30 bits per heavy atom. The zero-order chi connectivity index (χ0) is 15.9. The summed E-state index contributed by atoms with van der Waals surface area (Å²) < 4.78 is 17.0. The summed E-state index contributed by atoms with van der Waals surface area (Å²) in [7, 11) is 1.85. The van der Waals surface area contributed by atoms with Crippen LogP contribution in [-0.4, -0.2) is 76.2 Å². The lowest BCUT2D eigenvalue weighted by atomic mass is 10.1. The van der Waals surface area contributed by atoms with Crippen molar-refractivity contribution in [2.24, 2.45) is 4.99 Å². The highest BCUT2D eigenvalue weighted by Gasteiger charge is 2.32. The molecule has 3 aliphatic rings. The minimum Gasteiger partial charge on any atom is -0.377 e. The summed E-state index contributed by atoms with van der Waals surface area (Å²) in [5.41, 5.74) is 1.48. The van der Waals surface area contributed by atoms with Crippen molar-refractivity contribution < 1.29 is 14.2 Å². The van der Waals surface area contributed by atoms with E-state index in [9.17, 15) is 0 Å². The largest absolute Gasteiger partial charge is 0.377 e. The van der Waals surface area contributed by atoms with Gasteiger partial charge in [0.15, 0.2) is 5.96 Å². The lowest BCUT2D eigenvalue weighted by molar-refractivity contribution is -0.0816. The smallest absolute Gasteiger partial charge is 0.193 e. The standard InChI is InChI=1S/C17H29N3O3/c1-18-17(19-7-4-14-5-10-21-11-6-14)20-8-12-23-16(13-20)15-3-2-9-22-15/h5,15-16H,2-4,6-13H2,1H3,(H,18,19). The zero-order valence-corrected chi connectivity index (χ0v) is 14.1. The molecule has 0 saturated carbocycles. The van der Waals surface area contributed by atoms with Crippen LogP contribution in [0, 0.1) is 0 Å². The van der Waals surface area contributed by atoms with Crippen LogP contribution >= 0.6 is 0 Å². The predicted octanol–water partition coefficient (Wildman–Crippen LogP) is 1.18. The Morgan fingerprint density at radius 3 is 2.96 bits per heavy atom. The number of guanidine groups is 1. The van der Waals surface area contributed by atoms with Gasteiger partial charge in [0.25, 0.3) is 0 Å². The number of hydrogen-bond acceptors (Lipinski definition) is 4. The second kappa shape index (κ2) is 8.66. The molecule has 0 aromatic rings. The molecular weight excluding hydrogens is 294 g/mol. The van der Waals surface area contributed by atoms with Crippen LogP contribution in [0.2, 0.25) is 0 Å². The Balaban J connectivity index is 1.46. The molecule has 0 aliphatic carbocycles. The van der Waals surface area contributed by atoms with Crippen LogP contribution in [-0.2, 0) is 14.2 Å². The molecule has 23 heavy (non-hydrogen) atoms. The van der Waals surface area contributed by atoms with Crippen molar-refractivity contribution in [3.05, 3.63) is 11.6 Å². The van der Waals surface area contributed by atoms with Crippen LogP contribution in [0.1, 0.15) is 25.7 Å². The number of morpholine rings is 1. The third-order valence-electron chi connectivity index (χ3n) is 4.77. The first kappa shape index (κ1) is 16.7. The summed E-state index contributed by atoms with van der Waals surface area (Å²) in [6, 6.07) is 0. The predicted molar refractivity (Wildman–Crippen MR) is 89.8 cm³/mol. The molecule has 2 unspecified atom stereocenters. The highest BCUT2D eigenvalue weighted by Crippen LogP contribution is 2.21. The summed E-state index contributed by atoms with van der Waals surface area (Å²) >= 11 is 0. The van der Waals surface area contributed by atoms with E-state index in [1.165, 1.54) is 5.57 Å². The van der Waals surface area contributed by atoms with Gasteiger partial charge in [-0.2, -0.15) is 0 Å². The van der Waals surface area contributed by atoms with Crippen LogP contribution in [0.4, 0.5) is 0 Å². The van der Waals surface area contributed by atoms with Crippen LogP contribution in [0.5, 0.6) is 0 Å². The molecule has 3 aliphatic heterocycles. The molecule has 6 heteroatoms. The summed E-state index contributed by atoms with van der Waals surface area (Å²) in [4.78, 5) is 6.75. The Morgan fingerprint density at radius 2 is 2.22 bits per heavy atom. The number of rotatable bonds is 4. The molecule has 2 atom stereocenters. The normalized spacial score (nSPS) is 29.5. The van der Waals surface area contributed by atoms with E-state index >= 15 is 0 Å². The first-order valence-electron chi connectivity index (χ1n) is 8.81. The van der Waals surface area contributed by atoms with Crippen LogP contribution in [0.3, 0.4) is 0 Å². The Kier molecular flexibility index (Phi) is 6.30. The van der Waals surface area contributed by atoms with Crippen molar-refractivity contribution in [1.29, 1.82) is 0 Å². The van der Waals surface area contributed by atoms with E-state index in [4.69, 9.17) is 14.2 Å². The second-order valence-corrected chi connectivity index (χ2v) is 6.32. The van der Waals surface area contributed by atoms with E-state index in [-0.39, 0.29) is 12.2 Å². The van der Waals surface area contributed by atoms with Gasteiger partial charge in [0.1, 0.15) is 6.10 Å². The van der Waals surface area contributed by atoms with Crippen molar-refractivity contribution in [2.75, 3.05) is 53.1 Å². The van der Waals surface area contributed by atoms with E-state index < -0.39 is 0 Å². The van der Waals surface area contributed by atoms with Crippen molar-refractivity contribution >= 4 is 5.96 Å². The molecule has 2 fully saturated rings. The second-order valence-electron chi connectivity index (χ2n) is 6.32. The Bertz CT molecular complexity index is 433. The first-order valence-corrected chi connectivity index (χ1v) is 8.81. The third kappa shape index (κ3) is 4.68. The molecule has 6 nitrogen and oxygen atoms in total. The van der Waals surface area contributed by atoms with Crippen molar-refractivity contribution in [3.63, 3.8) is 0 Å². The molecule has 1 N–H and O–H groups in total. The van der Waals surface area contributed by atoms with Gasteiger partial charge in [-0.25, -0.2) is 0 Å². The van der Waals surface area contributed by atoms with Gasteiger partial charge < -0.3 is 24.4 Å². The summed E-state index contributed by atoms with van der Waals surface area (Å²) in [5.74, 6) is 0.976. The molecule has 3 rings (SSSR count). The average Bonchev–Trinajstić information content (AvgIpc) is 3.14. The molecule has 2 saturated heterocycles. The first-order chi connectivity index (χ1) is 11.4. The van der Waals surface area contributed by atoms with Gasteiger partial charge in [0.2, 0.25) is 0 Å². The maximum atomic E-state index is 5.91. The zero-order valence-electron chi connectivity index (χ0n) is 14.1. The van der Waals surface area contributed by atoms with E-state index in [2.05, 4.69) is 21.3 Å². The highest BCUT2D eigenvalue weighted by molar-refractivity contribution is 5.80. The lowest BCUT2D eigenvalue weighted by Crippen LogP contribution is -2.53. The minimum atomic E-state index is 0.169. The monoisotopic (exact) mass is 323 g/mol.